The van der Waals surface area contributed by atoms with Crippen LogP contribution in [0.25, 0.3) is 49.2 Å². The summed E-state index contributed by atoms with van der Waals surface area (Å²) in [7, 11) is 0. The van der Waals surface area contributed by atoms with Crippen LogP contribution in [-0.4, -0.2) is 4.40 Å². The lowest BCUT2D eigenvalue weighted by atomic mass is 9.84. The van der Waals surface area contributed by atoms with E-state index in [1.165, 1.54) is 95.8 Å². The number of aryl methyl sites for hydroxylation is 1. The average molecular weight is 595 g/mol. The summed E-state index contributed by atoms with van der Waals surface area (Å²) in [6, 6.07) is 47.8. The summed E-state index contributed by atoms with van der Waals surface area (Å²) in [5.41, 5.74) is 14.6. The number of fused-ring (bicyclic) bond motifs is 7. The normalized spacial score (nSPS) is 13.6. The van der Waals surface area contributed by atoms with Crippen molar-refractivity contribution in [3.63, 3.8) is 0 Å². The Labute approximate surface area is 270 Å². The lowest BCUT2D eigenvalue weighted by Gasteiger charge is -2.32. The van der Waals surface area contributed by atoms with Crippen molar-refractivity contribution in [2.24, 2.45) is 0 Å². The van der Waals surface area contributed by atoms with Crippen LogP contribution in [0.3, 0.4) is 0 Å². The summed E-state index contributed by atoms with van der Waals surface area (Å²) in [6.07, 6.45) is 4.78. The smallest absolute Gasteiger partial charge is 0.0622 e. The van der Waals surface area contributed by atoms with E-state index in [2.05, 4.69) is 157 Å². The lowest BCUT2D eigenvalue weighted by molar-refractivity contribution is 0.590. The van der Waals surface area contributed by atoms with Crippen molar-refractivity contribution >= 4 is 55.2 Å². The van der Waals surface area contributed by atoms with Gasteiger partial charge >= 0.3 is 0 Å². The maximum atomic E-state index is 2.53. The number of para-hydroxylation sites is 2. The van der Waals surface area contributed by atoms with Crippen LogP contribution in [0.5, 0.6) is 0 Å². The summed E-state index contributed by atoms with van der Waals surface area (Å²) in [5.74, 6) is 0. The zero-order valence-electron chi connectivity index (χ0n) is 26.8. The first-order valence-corrected chi connectivity index (χ1v) is 16.8. The van der Waals surface area contributed by atoms with Crippen molar-refractivity contribution in [1.29, 1.82) is 0 Å². The number of hydrogen-bond acceptors (Lipinski definition) is 1. The van der Waals surface area contributed by atoms with E-state index in [0.29, 0.717) is 0 Å². The fraction of sp³-hybridized carbons (Fsp3) is 0.182. The van der Waals surface area contributed by atoms with Gasteiger partial charge in [0.25, 0.3) is 0 Å². The van der Waals surface area contributed by atoms with Gasteiger partial charge in [-0.2, -0.15) is 0 Å². The molecule has 46 heavy (non-hydrogen) atoms. The third kappa shape index (κ3) is 4.09. The van der Waals surface area contributed by atoms with Crippen LogP contribution in [0.1, 0.15) is 50.3 Å². The van der Waals surface area contributed by atoms with Crippen molar-refractivity contribution in [2.45, 2.75) is 51.9 Å². The van der Waals surface area contributed by atoms with E-state index in [-0.39, 0.29) is 5.41 Å². The van der Waals surface area contributed by atoms with Crippen LogP contribution in [0.4, 0.5) is 17.1 Å². The van der Waals surface area contributed by atoms with Gasteiger partial charge < -0.3 is 9.30 Å². The minimum Gasteiger partial charge on any atom is -0.310 e. The summed E-state index contributed by atoms with van der Waals surface area (Å²) < 4.78 is 2.47. The summed E-state index contributed by atoms with van der Waals surface area (Å²) >= 11 is 0. The fourth-order valence-electron chi connectivity index (χ4n) is 8.03. The topological polar surface area (TPSA) is 7.65 Å². The van der Waals surface area contributed by atoms with Gasteiger partial charge in [0.1, 0.15) is 0 Å². The first-order valence-electron chi connectivity index (χ1n) is 16.8. The van der Waals surface area contributed by atoms with Gasteiger partial charge in [-0.25, -0.2) is 0 Å². The van der Waals surface area contributed by atoms with Crippen molar-refractivity contribution in [2.75, 3.05) is 4.90 Å². The maximum absolute atomic E-state index is 2.53. The van der Waals surface area contributed by atoms with Crippen LogP contribution < -0.4 is 4.90 Å². The molecule has 1 aliphatic carbocycles. The number of rotatable bonds is 4. The van der Waals surface area contributed by atoms with E-state index in [1.54, 1.807) is 0 Å². The highest BCUT2D eigenvalue weighted by atomic mass is 15.1. The summed E-state index contributed by atoms with van der Waals surface area (Å²) in [6.45, 7) is 6.87. The Morgan fingerprint density at radius 3 is 1.83 bits per heavy atom. The Balaban J connectivity index is 1.39. The fourth-order valence-corrected chi connectivity index (χ4v) is 8.03. The highest BCUT2D eigenvalue weighted by Crippen LogP contribution is 2.48. The molecule has 0 radical (unpaired) electrons. The standard InChI is InChI=1S/C44H38N2/c1-44(2,3)31-22-24-32(25-23-31)45(41-26-21-29-13-7-8-16-34(29)42(41)30-14-5-4-6-15-30)33-27-37-35-17-9-11-19-39(35)46-40-20-12-10-18-36(40)38(28-33)43(37)46/h4-6,9-12,14-15,17-28H,7-8,13,16H2,1-3H3. The summed E-state index contributed by atoms with van der Waals surface area (Å²) in [4.78, 5) is 2.53. The van der Waals surface area contributed by atoms with Gasteiger partial charge in [-0.1, -0.05) is 106 Å². The van der Waals surface area contributed by atoms with Gasteiger partial charge in [-0.05, 0) is 95.8 Å². The largest absolute Gasteiger partial charge is 0.310 e. The molecule has 1 aliphatic rings. The van der Waals surface area contributed by atoms with Gasteiger partial charge in [0.05, 0.1) is 22.2 Å². The lowest BCUT2D eigenvalue weighted by Crippen LogP contribution is -2.15. The monoisotopic (exact) mass is 594 g/mol. The Morgan fingerprint density at radius 1 is 0.565 bits per heavy atom. The zero-order chi connectivity index (χ0) is 31.0. The molecule has 0 N–H and O–H groups in total. The van der Waals surface area contributed by atoms with Crippen molar-refractivity contribution < 1.29 is 0 Å². The molecule has 0 amide bonds. The highest BCUT2D eigenvalue weighted by Gasteiger charge is 2.26. The van der Waals surface area contributed by atoms with E-state index < -0.39 is 0 Å². The minimum absolute atomic E-state index is 0.0841. The number of benzene rings is 6. The molecule has 0 saturated carbocycles. The van der Waals surface area contributed by atoms with E-state index in [4.69, 9.17) is 0 Å². The second kappa shape index (κ2) is 10.2. The molecule has 0 saturated heterocycles. The molecule has 0 fully saturated rings. The second-order valence-corrected chi connectivity index (χ2v) is 14.1. The molecule has 0 spiro atoms. The molecule has 0 unspecified atom stereocenters. The van der Waals surface area contributed by atoms with Gasteiger partial charge in [-0.15, -0.1) is 0 Å². The third-order valence-electron chi connectivity index (χ3n) is 10.3. The molecule has 2 heterocycles. The number of aromatic nitrogens is 1. The Kier molecular flexibility index (Phi) is 6.05. The quantitative estimate of drug-likeness (QED) is 0.197. The molecule has 6 aromatic carbocycles. The average Bonchev–Trinajstić information content (AvgIpc) is 3.60. The highest BCUT2D eigenvalue weighted by molar-refractivity contribution is 6.24. The number of anilines is 3. The Morgan fingerprint density at radius 2 is 1.17 bits per heavy atom. The molecular weight excluding hydrogens is 556 g/mol. The van der Waals surface area contributed by atoms with Crippen LogP contribution in [0, 0.1) is 0 Å². The third-order valence-corrected chi connectivity index (χ3v) is 10.3. The van der Waals surface area contributed by atoms with Gasteiger partial charge in [-0.3, -0.25) is 0 Å². The molecule has 0 aliphatic heterocycles. The SMILES string of the molecule is CC(C)(C)c1ccc(N(c2cc3c4ccccc4n4c5ccccc5c(c2)c34)c2ccc3c(c2-c2ccccc2)CCCC3)cc1. The molecule has 2 aromatic heterocycles. The van der Waals surface area contributed by atoms with Gasteiger partial charge in [0.15, 0.2) is 0 Å². The molecule has 0 atom stereocenters. The first kappa shape index (κ1) is 27.2. The number of nitrogens with zero attached hydrogens (tertiary/aromatic N) is 2. The van der Waals surface area contributed by atoms with Crippen molar-refractivity contribution in [3.8, 4) is 11.1 Å². The zero-order valence-corrected chi connectivity index (χ0v) is 26.8. The van der Waals surface area contributed by atoms with E-state index in [9.17, 15) is 0 Å². The predicted octanol–water partition coefficient (Wildman–Crippen LogP) is 12.1. The second-order valence-electron chi connectivity index (χ2n) is 14.1. The van der Waals surface area contributed by atoms with Crippen molar-refractivity contribution in [1.82, 2.24) is 4.40 Å². The summed E-state index contributed by atoms with van der Waals surface area (Å²) in [5, 5.41) is 5.20. The molecule has 2 heteroatoms. The molecule has 9 rings (SSSR count). The van der Waals surface area contributed by atoms with E-state index in [0.717, 1.165) is 12.8 Å². The van der Waals surface area contributed by atoms with Gasteiger partial charge in [0, 0.05) is 38.5 Å². The first-order chi connectivity index (χ1) is 22.5. The van der Waals surface area contributed by atoms with Crippen molar-refractivity contribution in [3.05, 3.63) is 144 Å². The maximum Gasteiger partial charge on any atom is 0.0622 e. The molecule has 0 bridgehead atoms. The predicted molar refractivity (Wildman–Crippen MR) is 197 cm³/mol. The van der Waals surface area contributed by atoms with E-state index >= 15 is 0 Å². The number of hydrogen-bond donors (Lipinski definition) is 0. The van der Waals surface area contributed by atoms with Crippen LogP contribution >= 0.6 is 0 Å². The Hall–Kier alpha value is -5.08. The van der Waals surface area contributed by atoms with Crippen LogP contribution in [0.2, 0.25) is 0 Å². The van der Waals surface area contributed by atoms with Gasteiger partial charge in [0.2, 0.25) is 0 Å². The van der Waals surface area contributed by atoms with Crippen LogP contribution in [0.15, 0.2) is 127 Å². The Bertz CT molecular complexity index is 2300. The minimum atomic E-state index is 0.0841. The van der Waals surface area contributed by atoms with E-state index in [1.807, 2.05) is 0 Å². The molecule has 224 valence electrons. The van der Waals surface area contributed by atoms with Crippen LogP contribution in [-0.2, 0) is 18.3 Å². The molecule has 8 aromatic rings. The molecular formula is C44H38N2. The molecule has 2 nitrogen and oxygen atoms in total.